The molecule has 1 atom stereocenters. The lowest BCUT2D eigenvalue weighted by Crippen LogP contribution is -2.31. The lowest BCUT2D eigenvalue weighted by molar-refractivity contribution is -0.113. The SMILES string of the molecule is CCOc1cc(C2C(C(=O)Nc3ccccc3)=C(C)Nc3ncnn32)ccc1OCc1c(Cl)cccc1Cl. The van der Waals surface area contributed by atoms with E-state index in [0.29, 0.717) is 56.6 Å². The van der Waals surface area contributed by atoms with Crippen molar-refractivity contribution >= 4 is 40.7 Å². The quantitative estimate of drug-likeness (QED) is 0.261. The second-order valence-electron chi connectivity index (χ2n) is 8.54. The van der Waals surface area contributed by atoms with Gasteiger partial charge in [0, 0.05) is 27.0 Å². The molecule has 0 radical (unpaired) electrons. The molecule has 1 amide bonds. The average Bonchev–Trinajstić information content (AvgIpc) is 3.37. The van der Waals surface area contributed by atoms with Crippen LogP contribution >= 0.6 is 23.2 Å². The van der Waals surface area contributed by atoms with Gasteiger partial charge in [-0.25, -0.2) is 4.68 Å². The number of ether oxygens (including phenoxy) is 2. The molecule has 194 valence electrons. The van der Waals surface area contributed by atoms with Crippen molar-refractivity contribution in [3.8, 4) is 11.5 Å². The van der Waals surface area contributed by atoms with E-state index in [4.69, 9.17) is 32.7 Å². The first-order chi connectivity index (χ1) is 18.5. The minimum atomic E-state index is -0.552. The zero-order chi connectivity index (χ0) is 26.6. The molecule has 0 bridgehead atoms. The smallest absolute Gasteiger partial charge is 0.255 e. The molecule has 0 aliphatic carbocycles. The third-order valence-corrected chi connectivity index (χ3v) is 6.80. The Balaban J connectivity index is 1.50. The van der Waals surface area contributed by atoms with Gasteiger partial charge < -0.3 is 20.1 Å². The fraction of sp³-hybridized carbons (Fsp3) is 0.179. The van der Waals surface area contributed by atoms with Crippen molar-refractivity contribution in [1.29, 1.82) is 0 Å². The van der Waals surface area contributed by atoms with E-state index in [1.807, 2.05) is 62.4 Å². The molecule has 2 heterocycles. The van der Waals surface area contributed by atoms with Gasteiger partial charge in [-0.15, -0.1) is 0 Å². The molecule has 3 aromatic carbocycles. The van der Waals surface area contributed by atoms with Crippen molar-refractivity contribution in [2.45, 2.75) is 26.5 Å². The lowest BCUT2D eigenvalue weighted by atomic mass is 9.94. The molecule has 1 unspecified atom stereocenters. The first-order valence-corrected chi connectivity index (χ1v) is 12.8. The molecular weight excluding hydrogens is 525 g/mol. The lowest BCUT2D eigenvalue weighted by Gasteiger charge is -2.29. The summed E-state index contributed by atoms with van der Waals surface area (Å²) >= 11 is 12.6. The number of allylic oxidation sites excluding steroid dienone is 1. The van der Waals surface area contributed by atoms with Gasteiger partial charge in [-0.2, -0.15) is 10.1 Å². The van der Waals surface area contributed by atoms with Gasteiger partial charge in [0.25, 0.3) is 5.91 Å². The van der Waals surface area contributed by atoms with Gasteiger partial charge in [0.05, 0.1) is 12.2 Å². The van der Waals surface area contributed by atoms with Crippen LogP contribution in [0.4, 0.5) is 11.6 Å². The van der Waals surface area contributed by atoms with E-state index in [9.17, 15) is 4.79 Å². The van der Waals surface area contributed by atoms with Gasteiger partial charge in [0.15, 0.2) is 11.5 Å². The maximum absolute atomic E-state index is 13.5. The fourth-order valence-corrected chi connectivity index (χ4v) is 4.82. The van der Waals surface area contributed by atoms with Crippen molar-refractivity contribution in [2.24, 2.45) is 0 Å². The summed E-state index contributed by atoms with van der Waals surface area (Å²) in [5.74, 6) is 1.33. The number of aromatic nitrogens is 3. The highest BCUT2D eigenvalue weighted by molar-refractivity contribution is 6.35. The third-order valence-electron chi connectivity index (χ3n) is 6.09. The first-order valence-electron chi connectivity index (χ1n) is 12.0. The van der Waals surface area contributed by atoms with Crippen LogP contribution in [0.1, 0.15) is 31.0 Å². The summed E-state index contributed by atoms with van der Waals surface area (Å²) in [6.07, 6.45) is 1.45. The molecule has 1 aliphatic heterocycles. The summed E-state index contributed by atoms with van der Waals surface area (Å²) in [6, 6.07) is 19.6. The number of para-hydroxylation sites is 1. The van der Waals surface area contributed by atoms with Crippen LogP contribution in [0, 0.1) is 0 Å². The number of anilines is 2. The van der Waals surface area contributed by atoms with E-state index >= 15 is 0 Å². The number of carbonyl (C=O) groups is 1. The molecule has 10 heteroatoms. The highest BCUT2D eigenvalue weighted by atomic mass is 35.5. The van der Waals surface area contributed by atoms with Gasteiger partial charge in [0.1, 0.15) is 19.0 Å². The second kappa shape index (κ2) is 11.2. The van der Waals surface area contributed by atoms with Crippen molar-refractivity contribution < 1.29 is 14.3 Å². The Labute approximate surface area is 230 Å². The largest absolute Gasteiger partial charge is 0.490 e. The van der Waals surface area contributed by atoms with Crippen LogP contribution in [0.2, 0.25) is 10.0 Å². The Morgan fingerprint density at radius 3 is 2.53 bits per heavy atom. The van der Waals surface area contributed by atoms with E-state index < -0.39 is 6.04 Å². The minimum absolute atomic E-state index is 0.169. The zero-order valence-electron chi connectivity index (χ0n) is 20.7. The highest BCUT2D eigenvalue weighted by Gasteiger charge is 2.34. The summed E-state index contributed by atoms with van der Waals surface area (Å²) in [7, 11) is 0. The molecule has 5 rings (SSSR count). The Morgan fingerprint density at radius 2 is 1.79 bits per heavy atom. The molecule has 0 spiro atoms. The molecular formula is C28H25Cl2N5O3. The average molecular weight is 550 g/mol. The molecule has 0 saturated carbocycles. The number of hydrogen-bond donors (Lipinski definition) is 2. The van der Waals surface area contributed by atoms with Crippen LogP contribution in [-0.4, -0.2) is 27.3 Å². The van der Waals surface area contributed by atoms with E-state index in [2.05, 4.69) is 20.7 Å². The second-order valence-corrected chi connectivity index (χ2v) is 9.36. The van der Waals surface area contributed by atoms with Crippen molar-refractivity contribution in [3.05, 3.63) is 105 Å². The van der Waals surface area contributed by atoms with E-state index in [-0.39, 0.29) is 12.5 Å². The maximum atomic E-state index is 13.5. The van der Waals surface area contributed by atoms with Crippen LogP contribution in [0.15, 0.2) is 84.3 Å². The van der Waals surface area contributed by atoms with Crippen LogP contribution in [-0.2, 0) is 11.4 Å². The van der Waals surface area contributed by atoms with Crippen molar-refractivity contribution in [1.82, 2.24) is 14.8 Å². The van der Waals surface area contributed by atoms with E-state index in [1.165, 1.54) is 6.33 Å². The van der Waals surface area contributed by atoms with Crippen LogP contribution < -0.4 is 20.1 Å². The predicted octanol–water partition coefficient (Wildman–Crippen LogP) is 6.49. The molecule has 1 aliphatic rings. The summed E-state index contributed by atoms with van der Waals surface area (Å²) in [4.78, 5) is 17.9. The molecule has 8 nitrogen and oxygen atoms in total. The summed E-state index contributed by atoms with van der Waals surface area (Å²) < 4.78 is 13.7. The number of nitrogens with zero attached hydrogens (tertiary/aromatic N) is 3. The number of nitrogens with one attached hydrogen (secondary N) is 2. The van der Waals surface area contributed by atoms with Crippen LogP contribution in [0.25, 0.3) is 0 Å². The number of benzene rings is 3. The van der Waals surface area contributed by atoms with Crippen molar-refractivity contribution in [3.63, 3.8) is 0 Å². The number of carbonyl (C=O) groups excluding carboxylic acids is 1. The standard InChI is InChI=1S/C28H25Cl2N5O3/c1-3-37-24-14-18(12-13-23(24)38-15-20-21(29)10-7-11-22(20)30)26-25(17(2)33-28-31-16-32-35(26)28)27(36)34-19-8-5-4-6-9-19/h4-14,16,26H,3,15H2,1-2H3,(H,34,36)(H,31,32,33). The van der Waals surface area contributed by atoms with Crippen LogP contribution in [0.5, 0.6) is 11.5 Å². The number of rotatable bonds is 8. The molecule has 1 aromatic heterocycles. The highest BCUT2D eigenvalue weighted by Crippen LogP contribution is 2.39. The van der Waals surface area contributed by atoms with Gasteiger partial charge in [0.2, 0.25) is 5.95 Å². The summed E-state index contributed by atoms with van der Waals surface area (Å²) in [5, 5.41) is 11.6. The number of halogens is 2. The van der Waals surface area contributed by atoms with Gasteiger partial charge in [-0.05, 0) is 55.8 Å². The monoisotopic (exact) mass is 549 g/mol. The first kappa shape index (κ1) is 25.6. The third kappa shape index (κ3) is 5.18. The molecule has 4 aromatic rings. The molecule has 2 N–H and O–H groups in total. The van der Waals surface area contributed by atoms with Gasteiger partial charge >= 0.3 is 0 Å². The molecule has 38 heavy (non-hydrogen) atoms. The Hall–Kier alpha value is -4.01. The summed E-state index contributed by atoms with van der Waals surface area (Å²) in [6.45, 7) is 4.33. The Morgan fingerprint density at radius 1 is 1.03 bits per heavy atom. The van der Waals surface area contributed by atoms with Crippen molar-refractivity contribution in [2.75, 3.05) is 17.2 Å². The topological polar surface area (TPSA) is 90.3 Å². The fourth-order valence-electron chi connectivity index (χ4n) is 4.32. The Bertz CT molecular complexity index is 1480. The zero-order valence-corrected chi connectivity index (χ0v) is 22.3. The normalized spacial score (nSPS) is 14.5. The van der Waals surface area contributed by atoms with Gasteiger partial charge in [-0.1, -0.05) is 53.5 Å². The number of fused-ring (bicyclic) bond motifs is 1. The van der Waals surface area contributed by atoms with Gasteiger partial charge in [-0.3, -0.25) is 4.79 Å². The predicted molar refractivity (Wildman–Crippen MR) is 148 cm³/mol. The Kier molecular flexibility index (Phi) is 7.53. The number of amides is 1. The minimum Gasteiger partial charge on any atom is -0.490 e. The number of hydrogen-bond acceptors (Lipinski definition) is 6. The molecule has 0 saturated heterocycles. The van der Waals surface area contributed by atoms with E-state index in [1.54, 1.807) is 22.9 Å². The maximum Gasteiger partial charge on any atom is 0.255 e. The van der Waals surface area contributed by atoms with Crippen LogP contribution in [0.3, 0.4) is 0 Å². The summed E-state index contributed by atoms with van der Waals surface area (Å²) in [5.41, 5.74) is 3.34. The van der Waals surface area contributed by atoms with E-state index in [0.717, 1.165) is 5.56 Å². The molecule has 0 fully saturated rings.